The summed E-state index contributed by atoms with van der Waals surface area (Å²) in [5.74, 6) is 0. The van der Waals surface area contributed by atoms with Crippen molar-refractivity contribution in [1.82, 2.24) is 4.98 Å². The van der Waals surface area contributed by atoms with E-state index in [0.29, 0.717) is 5.03 Å². The minimum atomic E-state index is 0.166. The van der Waals surface area contributed by atoms with Gasteiger partial charge >= 0.3 is 0 Å². The van der Waals surface area contributed by atoms with Gasteiger partial charge in [0.05, 0.1) is 0 Å². The lowest BCUT2D eigenvalue weighted by Crippen LogP contribution is -1.76. The minimum Gasteiger partial charge on any atom is -0.247 e. The molecule has 1 rings (SSSR count). The Morgan fingerprint density at radius 2 is 2.33 bits per heavy atom. The van der Waals surface area contributed by atoms with E-state index in [-0.39, 0.29) is 12.1 Å². The molecule has 9 heavy (non-hydrogen) atoms. The highest BCUT2D eigenvalue weighted by Crippen LogP contribution is 2.14. The number of nitrogens with zero attached hydrogens (tertiary/aromatic N) is 1. The number of aryl methyl sites for hydroxylation is 1. The molecule has 0 bridgehead atoms. The van der Waals surface area contributed by atoms with Crippen LogP contribution in [0.3, 0.4) is 0 Å². The summed E-state index contributed by atoms with van der Waals surface area (Å²) in [5, 5.41) is 0.417. The van der Waals surface area contributed by atoms with E-state index in [1.807, 2.05) is 13.0 Å². The highest BCUT2D eigenvalue weighted by molar-refractivity contribution is 7.94. The number of hydrogen-bond acceptors (Lipinski definition) is 2. The number of pyridine rings is 1. The summed E-state index contributed by atoms with van der Waals surface area (Å²) in [4.78, 5) is 3.78. The van der Waals surface area contributed by atoms with Gasteiger partial charge in [-0.15, -0.1) is 0 Å². The highest BCUT2D eigenvalue weighted by atomic mass is 32.2. The molecule has 0 aliphatic rings. The van der Waals surface area contributed by atoms with Crippen molar-refractivity contribution in [2.75, 3.05) is 0 Å². The molecule has 1 heterocycles. The lowest BCUT2D eigenvalue weighted by Gasteiger charge is -1.90. The molecule has 0 spiro atoms. The average molecular weight is 143 g/mol. The third kappa shape index (κ3) is 1.68. The van der Waals surface area contributed by atoms with Gasteiger partial charge in [-0.2, -0.15) is 3.89 Å². The van der Waals surface area contributed by atoms with Crippen LogP contribution >= 0.6 is 12.1 Å². The fourth-order valence-corrected chi connectivity index (χ4v) is 0.712. The van der Waals surface area contributed by atoms with Gasteiger partial charge in [0, 0.05) is 6.20 Å². The third-order valence-corrected chi connectivity index (χ3v) is 1.36. The van der Waals surface area contributed by atoms with Gasteiger partial charge < -0.3 is 0 Å². The Hall–Kier alpha value is -0.570. The maximum absolute atomic E-state index is 11.7. The van der Waals surface area contributed by atoms with Gasteiger partial charge in [0.25, 0.3) is 0 Å². The van der Waals surface area contributed by atoms with Crippen LogP contribution in [0.5, 0.6) is 0 Å². The molecule has 0 N–H and O–H groups in total. The number of hydrogen-bond donors (Lipinski definition) is 0. The first kappa shape index (κ1) is 6.55. The first-order chi connectivity index (χ1) is 4.33. The second kappa shape index (κ2) is 2.82. The Morgan fingerprint density at radius 1 is 1.56 bits per heavy atom. The number of aromatic nitrogens is 1. The van der Waals surface area contributed by atoms with E-state index in [9.17, 15) is 3.89 Å². The normalized spacial score (nSPS) is 9.56. The molecule has 0 atom stereocenters. The van der Waals surface area contributed by atoms with Crippen molar-refractivity contribution in [1.29, 1.82) is 0 Å². The summed E-state index contributed by atoms with van der Waals surface area (Å²) in [6.07, 6.45) is 1.64. The van der Waals surface area contributed by atoms with Crippen molar-refractivity contribution in [3.8, 4) is 0 Å². The largest absolute Gasteiger partial charge is 0.247 e. The second-order valence-corrected chi connectivity index (χ2v) is 2.32. The first-order valence-electron chi connectivity index (χ1n) is 2.54. The quantitative estimate of drug-likeness (QED) is 0.598. The van der Waals surface area contributed by atoms with Crippen LogP contribution in [0, 0.1) is 6.92 Å². The van der Waals surface area contributed by atoms with Crippen molar-refractivity contribution in [2.24, 2.45) is 0 Å². The molecule has 0 unspecified atom stereocenters. The molecule has 3 heteroatoms. The zero-order valence-corrected chi connectivity index (χ0v) is 5.78. The predicted octanol–water partition coefficient (Wildman–Crippen LogP) is 2.37. The lowest BCUT2D eigenvalue weighted by atomic mass is 10.3. The number of halogens is 1. The Kier molecular flexibility index (Phi) is 2.05. The topological polar surface area (TPSA) is 12.9 Å². The van der Waals surface area contributed by atoms with Crippen LogP contribution in [-0.2, 0) is 0 Å². The fourth-order valence-electron chi connectivity index (χ4n) is 0.500. The van der Waals surface area contributed by atoms with E-state index in [1.165, 1.54) is 0 Å². The van der Waals surface area contributed by atoms with Crippen LogP contribution in [0.25, 0.3) is 0 Å². The molecule has 0 radical (unpaired) electrons. The van der Waals surface area contributed by atoms with E-state index >= 15 is 0 Å². The van der Waals surface area contributed by atoms with E-state index in [1.54, 1.807) is 12.3 Å². The van der Waals surface area contributed by atoms with Crippen LogP contribution in [0.4, 0.5) is 3.89 Å². The first-order valence-corrected chi connectivity index (χ1v) is 3.26. The second-order valence-electron chi connectivity index (χ2n) is 1.75. The lowest BCUT2D eigenvalue weighted by molar-refractivity contribution is 0.918. The SMILES string of the molecule is Cc1ccc(SF)nc1. The fraction of sp³-hybridized carbons (Fsp3) is 0.167. The molecule has 0 aliphatic heterocycles. The summed E-state index contributed by atoms with van der Waals surface area (Å²) in [7, 11) is 0. The standard InChI is InChI=1S/C6H6FNS/c1-5-2-3-6(9-7)8-4-5/h2-4H,1H3. The molecule has 0 saturated carbocycles. The Morgan fingerprint density at radius 3 is 2.78 bits per heavy atom. The van der Waals surface area contributed by atoms with Crippen LogP contribution in [0.2, 0.25) is 0 Å². The number of rotatable bonds is 1. The Balaban J connectivity index is 2.88. The molecule has 0 aromatic carbocycles. The van der Waals surface area contributed by atoms with Gasteiger partial charge in [-0.1, -0.05) is 6.07 Å². The van der Waals surface area contributed by atoms with Gasteiger partial charge in [-0.05, 0) is 18.6 Å². The maximum Gasteiger partial charge on any atom is 0.129 e. The zero-order valence-electron chi connectivity index (χ0n) is 4.97. The van der Waals surface area contributed by atoms with E-state index in [2.05, 4.69) is 4.98 Å². The summed E-state index contributed by atoms with van der Waals surface area (Å²) >= 11 is 0.166. The third-order valence-electron chi connectivity index (χ3n) is 0.963. The Labute approximate surface area is 57.6 Å². The summed E-state index contributed by atoms with van der Waals surface area (Å²) in [6.45, 7) is 1.92. The van der Waals surface area contributed by atoms with Gasteiger partial charge in [0.1, 0.15) is 17.2 Å². The van der Waals surface area contributed by atoms with Crippen LogP contribution in [0.1, 0.15) is 5.56 Å². The smallest absolute Gasteiger partial charge is 0.129 e. The molecule has 1 aromatic rings. The molecular weight excluding hydrogens is 137 g/mol. The van der Waals surface area contributed by atoms with Gasteiger partial charge in [-0.3, -0.25) is 0 Å². The average Bonchev–Trinajstić information content (AvgIpc) is 1.90. The molecule has 0 amide bonds. The van der Waals surface area contributed by atoms with E-state index in [0.717, 1.165) is 5.56 Å². The summed E-state index contributed by atoms with van der Waals surface area (Å²) in [6, 6.07) is 3.48. The minimum absolute atomic E-state index is 0.166. The zero-order chi connectivity index (χ0) is 6.69. The van der Waals surface area contributed by atoms with Crippen molar-refractivity contribution < 1.29 is 3.89 Å². The van der Waals surface area contributed by atoms with E-state index < -0.39 is 0 Å². The molecule has 1 nitrogen and oxygen atoms in total. The summed E-state index contributed by atoms with van der Waals surface area (Å²) < 4.78 is 11.7. The van der Waals surface area contributed by atoms with Crippen LogP contribution in [-0.4, -0.2) is 4.98 Å². The molecule has 0 fully saturated rings. The highest BCUT2D eigenvalue weighted by Gasteiger charge is 1.90. The molecule has 1 aromatic heterocycles. The van der Waals surface area contributed by atoms with Crippen molar-refractivity contribution in [3.63, 3.8) is 0 Å². The summed E-state index contributed by atoms with van der Waals surface area (Å²) in [5.41, 5.74) is 1.05. The molecule has 48 valence electrons. The monoisotopic (exact) mass is 143 g/mol. The molecule has 0 aliphatic carbocycles. The van der Waals surface area contributed by atoms with Gasteiger partial charge in [0.15, 0.2) is 0 Å². The van der Waals surface area contributed by atoms with Crippen molar-refractivity contribution in [2.45, 2.75) is 11.9 Å². The van der Waals surface area contributed by atoms with Crippen LogP contribution in [0.15, 0.2) is 23.4 Å². The predicted molar refractivity (Wildman–Crippen MR) is 35.9 cm³/mol. The maximum atomic E-state index is 11.7. The van der Waals surface area contributed by atoms with Gasteiger partial charge in [0.2, 0.25) is 0 Å². The van der Waals surface area contributed by atoms with Crippen molar-refractivity contribution >= 4 is 12.1 Å². The van der Waals surface area contributed by atoms with Gasteiger partial charge in [-0.25, -0.2) is 4.98 Å². The Bertz CT molecular complexity index is 185. The van der Waals surface area contributed by atoms with E-state index in [4.69, 9.17) is 0 Å². The molecular formula is C6H6FNS. The van der Waals surface area contributed by atoms with Crippen LogP contribution < -0.4 is 0 Å². The van der Waals surface area contributed by atoms with Crippen molar-refractivity contribution in [3.05, 3.63) is 23.9 Å². The molecule has 0 saturated heterocycles.